The molecule has 0 aromatic heterocycles. The summed E-state index contributed by atoms with van der Waals surface area (Å²) >= 11 is 1.65. The smallest absolute Gasteiger partial charge is 0.265 e. The van der Waals surface area contributed by atoms with E-state index >= 15 is 0 Å². The van der Waals surface area contributed by atoms with Gasteiger partial charge in [0.15, 0.2) is 11.9 Å². The minimum absolute atomic E-state index is 0.00623. The lowest BCUT2D eigenvalue weighted by Gasteiger charge is -2.15. The number of benzene rings is 2. The monoisotopic (exact) mass is 329 g/mol. The van der Waals surface area contributed by atoms with Gasteiger partial charge in [0.2, 0.25) is 0 Å². The molecule has 1 N–H and O–H groups in total. The molecule has 120 valence electrons. The van der Waals surface area contributed by atoms with E-state index in [1.165, 1.54) is 6.92 Å². The molecule has 2 rings (SSSR count). The van der Waals surface area contributed by atoms with Crippen molar-refractivity contribution >= 4 is 29.1 Å². The van der Waals surface area contributed by atoms with Gasteiger partial charge >= 0.3 is 0 Å². The van der Waals surface area contributed by atoms with Crippen molar-refractivity contribution < 1.29 is 14.3 Å². The van der Waals surface area contributed by atoms with E-state index in [1.54, 1.807) is 43.0 Å². The molecule has 0 aliphatic carbocycles. The molecule has 0 saturated carbocycles. The molecule has 4 nitrogen and oxygen atoms in total. The molecule has 0 fully saturated rings. The molecular formula is C18H19NO3S. The molecule has 0 aliphatic heterocycles. The molecule has 2 aromatic rings. The van der Waals surface area contributed by atoms with Crippen molar-refractivity contribution in [3.63, 3.8) is 0 Å². The van der Waals surface area contributed by atoms with Crippen LogP contribution in [0.5, 0.6) is 5.75 Å². The summed E-state index contributed by atoms with van der Waals surface area (Å²) in [5, 5.41) is 2.77. The average molecular weight is 329 g/mol. The highest BCUT2D eigenvalue weighted by molar-refractivity contribution is 7.98. The van der Waals surface area contributed by atoms with E-state index in [0.717, 1.165) is 4.90 Å². The van der Waals surface area contributed by atoms with Crippen LogP contribution in [-0.4, -0.2) is 24.1 Å². The second-order valence-electron chi connectivity index (χ2n) is 5.06. The van der Waals surface area contributed by atoms with E-state index in [1.807, 2.05) is 30.5 Å². The third-order valence-corrected chi connectivity index (χ3v) is 4.04. The Labute approximate surface area is 140 Å². The Morgan fingerprint density at radius 2 is 1.65 bits per heavy atom. The third-order valence-electron chi connectivity index (χ3n) is 3.30. The van der Waals surface area contributed by atoms with Crippen molar-refractivity contribution in [2.75, 3.05) is 11.6 Å². The van der Waals surface area contributed by atoms with Crippen LogP contribution in [0.25, 0.3) is 0 Å². The van der Waals surface area contributed by atoms with Crippen LogP contribution in [-0.2, 0) is 4.79 Å². The summed E-state index contributed by atoms with van der Waals surface area (Å²) in [6.07, 6.45) is 1.38. The molecule has 1 unspecified atom stereocenters. The van der Waals surface area contributed by atoms with Crippen molar-refractivity contribution in [1.82, 2.24) is 0 Å². The van der Waals surface area contributed by atoms with Crippen LogP contribution < -0.4 is 10.1 Å². The molecule has 0 heterocycles. The van der Waals surface area contributed by atoms with Crippen LogP contribution >= 0.6 is 11.8 Å². The summed E-state index contributed by atoms with van der Waals surface area (Å²) in [5.74, 6) is 0.403. The first-order valence-electron chi connectivity index (χ1n) is 7.22. The topological polar surface area (TPSA) is 55.4 Å². The van der Waals surface area contributed by atoms with Gasteiger partial charge in [-0.05, 0) is 68.6 Å². The summed E-state index contributed by atoms with van der Waals surface area (Å²) in [5.41, 5.74) is 1.24. The van der Waals surface area contributed by atoms with Gasteiger partial charge < -0.3 is 10.1 Å². The Morgan fingerprint density at radius 1 is 1.04 bits per heavy atom. The van der Waals surface area contributed by atoms with E-state index in [-0.39, 0.29) is 11.7 Å². The van der Waals surface area contributed by atoms with Crippen LogP contribution in [0.4, 0.5) is 5.69 Å². The Balaban J connectivity index is 1.94. The zero-order valence-corrected chi connectivity index (χ0v) is 14.1. The fourth-order valence-electron chi connectivity index (χ4n) is 1.94. The van der Waals surface area contributed by atoms with Gasteiger partial charge in [0.05, 0.1) is 0 Å². The van der Waals surface area contributed by atoms with Crippen LogP contribution in [0.3, 0.4) is 0 Å². The van der Waals surface area contributed by atoms with Gasteiger partial charge in [0, 0.05) is 16.1 Å². The maximum Gasteiger partial charge on any atom is 0.265 e. The normalized spacial score (nSPS) is 11.6. The number of hydrogen-bond donors (Lipinski definition) is 1. The van der Waals surface area contributed by atoms with Crippen LogP contribution in [0, 0.1) is 0 Å². The first-order valence-corrected chi connectivity index (χ1v) is 8.44. The molecule has 5 heteroatoms. The molecule has 1 atom stereocenters. The standard InChI is InChI=1S/C18H19NO3S/c1-12(20)14-4-6-15(7-5-14)19-18(21)13(2)22-16-8-10-17(23-3)11-9-16/h4-11,13H,1-3H3,(H,19,21). The molecule has 0 spiro atoms. The van der Waals surface area contributed by atoms with Gasteiger partial charge in [0.1, 0.15) is 5.75 Å². The first kappa shape index (κ1) is 17.1. The lowest BCUT2D eigenvalue weighted by atomic mass is 10.1. The van der Waals surface area contributed by atoms with Crippen molar-refractivity contribution in [2.24, 2.45) is 0 Å². The van der Waals surface area contributed by atoms with E-state index in [4.69, 9.17) is 4.74 Å². The second kappa shape index (κ2) is 7.83. The Bertz CT molecular complexity index is 680. The number of carbonyl (C=O) groups is 2. The van der Waals surface area contributed by atoms with Gasteiger partial charge in [-0.15, -0.1) is 11.8 Å². The number of ether oxygens (including phenoxy) is 1. The molecule has 1 amide bonds. The lowest BCUT2D eigenvalue weighted by molar-refractivity contribution is -0.122. The van der Waals surface area contributed by atoms with Crippen molar-refractivity contribution in [3.8, 4) is 5.75 Å². The molecular weight excluding hydrogens is 310 g/mol. The summed E-state index contributed by atoms with van der Waals surface area (Å²) in [4.78, 5) is 24.5. The van der Waals surface area contributed by atoms with E-state index in [0.29, 0.717) is 17.0 Å². The van der Waals surface area contributed by atoms with Crippen molar-refractivity contribution in [3.05, 3.63) is 54.1 Å². The zero-order valence-electron chi connectivity index (χ0n) is 13.3. The molecule has 0 radical (unpaired) electrons. The largest absolute Gasteiger partial charge is 0.481 e. The third kappa shape index (κ3) is 4.86. The number of carbonyl (C=O) groups excluding carboxylic acids is 2. The van der Waals surface area contributed by atoms with Crippen LogP contribution in [0.1, 0.15) is 24.2 Å². The average Bonchev–Trinajstić information content (AvgIpc) is 2.56. The minimum atomic E-state index is -0.623. The van der Waals surface area contributed by atoms with Crippen LogP contribution in [0.2, 0.25) is 0 Å². The number of thioether (sulfide) groups is 1. The maximum atomic E-state index is 12.2. The quantitative estimate of drug-likeness (QED) is 0.642. The predicted molar refractivity (Wildman–Crippen MR) is 93.4 cm³/mol. The number of Topliss-reactive ketones (excluding diaryl/α,β-unsaturated/α-hetero) is 1. The van der Waals surface area contributed by atoms with Crippen LogP contribution in [0.15, 0.2) is 53.4 Å². The molecule has 0 saturated heterocycles. The SMILES string of the molecule is CSc1ccc(OC(C)C(=O)Nc2ccc(C(C)=O)cc2)cc1. The highest BCUT2D eigenvalue weighted by atomic mass is 32.2. The number of amides is 1. The first-order chi connectivity index (χ1) is 11.0. The summed E-state index contributed by atoms with van der Waals surface area (Å²) in [7, 11) is 0. The highest BCUT2D eigenvalue weighted by Crippen LogP contribution is 2.20. The minimum Gasteiger partial charge on any atom is -0.481 e. The van der Waals surface area contributed by atoms with E-state index < -0.39 is 6.10 Å². The van der Waals surface area contributed by atoms with Gasteiger partial charge in [-0.3, -0.25) is 9.59 Å². The van der Waals surface area contributed by atoms with Gasteiger partial charge in [-0.2, -0.15) is 0 Å². The van der Waals surface area contributed by atoms with E-state index in [9.17, 15) is 9.59 Å². The Kier molecular flexibility index (Phi) is 5.82. The number of ketones is 1. The number of nitrogens with one attached hydrogen (secondary N) is 1. The number of hydrogen-bond acceptors (Lipinski definition) is 4. The Morgan fingerprint density at radius 3 is 2.17 bits per heavy atom. The molecule has 2 aromatic carbocycles. The summed E-state index contributed by atoms with van der Waals surface area (Å²) in [6.45, 7) is 3.20. The molecule has 0 aliphatic rings. The summed E-state index contributed by atoms with van der Waals surface area (Å²) in [6, 6.07) is 14.4. The number of rotatable bonds is 6. The fourth-order valence-corrected chi connectivity index (χ4v) is 2.35. The highest BCUT2D eigenvalue weighted by Gasteiger charge is 2.15. The van der Waals surface area contributed by atoms with Gasteiger partial charge in [-0.25, -0.2) is 0 Å². The van der Waals surface area contributed by atoms with Crippen molar-refractivity contribution in [2.45, 2.75) is 24.8 Å². The fraction of sp³-hybridized carbons (Fsp3) is 0.222. The maximum absolute atomic E-state index is 12.2. The van der Waals surface area contributed by atoms with Gasteiger partial charge in [0.25, 0.3) is 5.91 Å². The van der Waals surface area contributed by atoms with Crippen molar-refractivity contribution in [1.29, 1.82) is 0 Å². The Hall–Kier alpha value is -2.27. The number of anilines is 1. The second-order valence-corrected chi connectivity index (χ2v) is 5.94. The van der Waals surface area contributed by atoms with E-state index in [2.05, 4.69) is 5.32 Å². The molecule has 23 heavy (non-hydrogen) atoms. The molecule has 0 bridgehead atoms. The predicted octanol–water partition coefficient (Wildman–Crippen LogP) is 4.02. The summed E-state index contributed by atoms with van der Waals surface area (Å²) < 4.78 is 5.63. The lowest BCUT2D eigenvalue weighted by Crippen LogP contribution is -2.30. The zero-order chi connectivity index (χ0) is 16.8. The van der Waals surface area contributed by atoms with Gasteiger partial charge in [-0.1, -0.05) is 0 Å².